The average Bonchev–Trinajstić information content (AvgIpc) is 3.38. The molecule has 1 aromatic heterocycles. The third-order valence-corrected chi connectivity index (χ3v) is 6.48. The first-order valence-corrected chi connectivity index (χ1v) is 11.4. The van der Waals surface area contributed by atoms with Crippen molar-refractivity contribution < 1.29 is 19.4 Å². The molecular weight excluding hydrogens is 442 g/mol. The van der Waals surface area contributed by atoms with Crippen molar-refractivity contribution in [3.8, 4) is 28.5 Å². The zero-order valence-electron chi connectivity index (χ0n) is 20.1. The van der Waals surface area contributed by atoms with Gasteiger partial charge < -0.3 is 19.5 Å². The quantitative estimate of drug-likeness (QED) is 0.407. The number of aromatic hydroxyl groups is 1. The summed E-state index contributed by atoms with van der Waals surface area (Å²) in [5, 5.41) is 18.3. The van der Waals surface area contributed by atoms with Crippen molar-refractivity contribution in [3.63, 3.8) is 0 Å². The van der Waals surface area contributed by atoms with E-state index in [0.717, 1.165) is 27.8 Å². The van der Waals surface area contributed by atoms with Gasteiger partial charge in [-0.2, -0.15) is 5.10 Å². The van der Waals surface area contributed by atoms with E-state index >= 15 is 0 Å². The number of benzene rings is 3. The Hall–Kier alpha value is -4.26. The fourth-order valence-corrected chi connectivity index (χ4v) is 4.95. The van der Waals surface area contributed by atoms with Crippen LogP contribution in [0.2, 0.25) is 0 Å². The molecule has 0 radical (unpaired) electrons. The van der Waals surface area contributed by atoms with Gasteiger partial charge in [-0.15, -0.1) is 0 Å². The number of aryl methyl sites for hydroxylation is 2. The number of amides is 1. The summed E-state index contributed by atoms with van der Waals surface area (Å²) in [5.74, 6) is 1.17. The Labute approximate surface area is 203 Å². The molecule has 7 nitrogen and oxygen atoms in total. The summed E-state index contributed by atoms with van der Waals surface area (Å²) in [6.07, 6.45) is 0. The van der Waals surface area contributed by atoms with Gasteiger partial charge in [-0.3, -0.25) is 9.89 Å². The number of hydrogen-bond acceptors (Lipinski definition) is 5. The molecular formula is C28H27N3O4. The van der Waals surface area contributed by atoms with Crippen LogP contribution in [-0.4, -0.2) is 40.3 Å². The van der Waals surface area contributed by atoms with Gasteiger partial charge >= 0.3 is 0 Å². The van der Waals surface area contributed by atoms with Gasteiger partial charge in [-0.05, 0) is 54.3 Å². The highest BCUT2D eigenvalue weighted by atomic mass is 16.5. The van der Waals surface area contributed by atoms with Crippen LogP contribution in [-0.2, 0) is 6.54 Å². The monoisotopic (exact) mass is 469 g/mol. The molecule has 0 saturated carbocycles. The summed E-state index contributed by atoms with van der Waals surface area (Å²) in [6, 6.07) is 18.8. The average molecular weight is 470 g/mol. The topological polar surface area (TPSA) is 87.7 Å². The van der Waals surface area contributed by atoms with Crippen LogP contribution < -0.4 is 9.47 Å². The summed E-state index contributed by atoms with van der Waals surface area (Å²) in [4.78, 5) is 15.5. The van der Waals surface area contributed by atoms with Gasteiger partial charge in [0.25, 0.3) is 5.91 Å². The molecule has 5 rings (SSSR count). The number of phenols is 1. The number of aromatic amines is 1. The molecule has 2 heterocycles. The molecule has 7 heteroatoms. The highest BCUT2D eigenvalue weighted by Gasteiger charge is 2.43. The molecule has 1 atom stereocenters. The maximum Gasteiger partial charge on any atom is 0.273 e. The highest BCUT2D eigenvalue weighted by molar-refractivity contribution is 6.00. The van der Waals surface area contributed by atoms with Gasteiger partial charge in [-0.25, -0.2) is 0 Å². The molecule has 0 fully saturated rings. The van der Waals surface area contributed by atoms with Crippen molar-refractivity contribution in [2.24, 2.45) is 0 Å². The van der Waals surface area contributed by atoms with Crippen LogP contribution in [0.3, 0.4) is 0 Å². The van der Waals surface area contributed by atoms with Crippen LogP contribution in [0.25, 0.3) is 11.3 Å². The first-order chi connectivity index (χ1) is 16.9. The zero-order chi connectivity index (χ0) is 24.7. The fourth-order valence-electron chi connectivity index (χ4n) is 4.95. The van der Waals surface area contributed by atoms with E-state index in [1.807, 2.05) is 73.3 Å². The number of carbonyl (C=O) groups excluding carboxylic acids is 1. The number of H-pyrrole nitrogens is 1. The van der Waals surface area contributed by atoms with Crippen molar-refractivity contribution in [3.05, 3.63) is 94.2 Å². The molecule has 0 aliphatic carbocycles. The van der Waals surface area contributed by atoms with E-state index in [2.05, 4.69) is 10.2 Å². The molecule has 1 amide bonds. The highest BCUT2D eigenvalue weighted by Crippen LogP contribution is 2.47. The Balaban J connectivity index is 1.71. The molecule has 1 aliphatic heterocycles. The third-order valence-electron chi connectivity index (χ3n) is 6.48. The maximum absolute atomic E-state index is 13.7. The predicted molar refractivity (Wildman–Crippen MR) is 133 cm³/mol. The normalized spacial score (nSPS) is 14.8. The Morgan fingerprint density at radius 2 is 1.74 bits per heavy atom. The maximum atomic E-state index is 13.7. The van der Waals surface area contributed by atoms with Gasteiger partial charge in [-0.1, -0.05) is 42.5 Å². The van der Waals surface area contributed by atoms with Crippen LogP contribution in [0, 0.1) is 13.8 Å². The van der Waals surface area contributed by atoms with Crippen molar-refractivity contribution in [2.75, 3.05) is 14.2 Å². The molecule has 2 N–H and O–H groups in total. The number of rotatable bonds is 6. The van der Waals surface area contributed by atoms with Crippen LogP contribution >= 0.6 is 0 Å². The molecule has 0 spiro atoms. The van der Waals surface area contributed by atoms with Crippen LogP contribution in [0.15, 0.2) is 60.7 Å². The number of carbonyl (C=O) groups is 1. The van der Waals surface area contributed by atoms with E-state index in [4.69, 9.17) is 9.47 Å². The smallest absolute Gasteiger partial charge is 0.273 e. The molecule has 35 heavy (non-hydrogen) atoms. The number of phenolic OH excluding ortho intramolecular Hbond substituents is 1. The molecule has 1 aliphatic rings. The molecule has 0 saturated heterocycles. The second kappa shape index (κ2) is 8.83. The summed E-state index contributed by atoms with van der Waals surface area (Å²) in [6.45, 7) is 4.29. The SMILES string of the molecule is COc1ccc(C2c3c(-c4c(C)cc(C)cc4O)n[nH]c3C(=O)N2Cc2ccccc2)cc1OC. The van der Waals surface area contributed by atoms with E-state index in [0.29, 0.717) is 35.0 Å². The van der Waals surface area contributed by atoms with E-state index in [9.17, 15) is 9.90 Å². The van der Waals surface area contributed by atoms with Crippen LogP contribution in [0.4, 0.5) is 0 Å². The molecule has 1 unspecified atom stereocenters. The number of nitrogens with one attached hydrogen (secondary N) is 1. The lowest BCUT2D eigenvalue weighted by molar-refractivity contribution is 0.0730. The van der Waals surface area contributed by atoms with E-state index < -0.39 is 6.04 Å². The molecule has 178 valence electrons. The molecule has 0 bridgehead atoms. The number of nitrogens with zero attached hydrogens (tertiary/aromatic N) is 2. The van der Waals surface area contributed by atoms with Gasteiger partial charge in [0.2, 0.25) is 0 Å². The Bertz CT molecular complexity index is 1390. The van der Waals surface area contributed by atoms with E-state index in [1.54, 1.807) is 20.3 Å². The summed E-state index contributed by atoms with van der Waals surface area (Å²) in [7, 11) is 3.18. The number of methoxy groups -OCH3 is 2. The van der Waals surface area contributed by atoms with Gasteiger partial charge in [0.05, 0.1) is 20.3 Å². The van der Waals surface area contributed by atoms with Crippen LogP contribution in [0.1, 0.15) is 44.3 Å². The van der Waals surface area contributed by atoms with Gasteiger partial charge in [0.15, 0.2) is 11.5 Å². The number of fused-ring (bicyclic) bond motifs is 1. The van der Waals surface area contributed by atoms with Crippen molar-refractivity contribution in [1.29, 1.82) is 0 Å². The largest absolute Gasteiger partial charge is 0.507 e. The summed E-state index contributed by atoms with van der Waals surface area (Å²) < 4.78 is 11.0. The van der Waals surface area contributed by atoms with Crippen molar-refractivity contribution >= 4 is 5.91 Å². The number of hydrogen-bond donors (Lipinski definition) is 2. The minimum absolute atomic E-state index is 0.136. The lowest BCUT2D eigenvalue weighted by Crippen LogP contribution is -2.29. The number of ether oxygens (including phenoxy) is 2. The predicted octanol–water partition coefficient (Wildman–Crippen LogP) is 5.16. The van der Waals surface area contributed by atoms with Crippen molar-refractivity contribution in [1.82, 2.24) is 15.1 Å². The molecule has 3 aromatic carbocycles. The standard InChI is InChI=1S/C28H27N3O4/c1-16-12-17(2)23(20(32)13-16)25-24-26(30-29-25)28(33)31(15-18-8-6-5-7-9-18)27(24)19-10-11-21(34-3)22(14-19)35-4/h5-14,27,32H,15H2,1-4H3,(H,29,30). The second-order valence-electron chi connectivity index (χ2n) is 8.77. The van der Waals surface area contributed by atoms with E-state index in [1.165, 1.54) is 0 Å². The summed E-state index contributed by atoms with van der Waals surface area (Å²) in [5.41, 5.74) is 6.06. The van der Waals surface area contributed by atoms with Gasteiger partial charge in [0, 0.05) is 17.7 Å². The minimum Gasteiger partial charge on any atom is -0.507 e. The second-order valence-corrected chi connectivity index (χ2v) is 8.77. The zero-order valence-corrected chi connectivity index (χ0v) is 20.1. The summed E-state index contributed by atoms with van der Waals surface area (Å²) >= 11 is 0. The van der Waals surface area contributed by atoms with Crippen LogP contribution in [0.5, 0.6) is 17.2 Å². The Kier molecular flexibility index (Phi) is 5.68. The Morgan fingerprint density at radius 1 is 1.00 bits per heavy atom. The van der Waals surface area contributed by atoms with Crippen molar-refractivity contribution in [2.45, 2.75) is 26.4 Å². The van der Waals surface area contributed by atoms with E-state index in [-0.39, 0.29) is 11.7 Å². The lowest BCUT2D eigenvalue weighted by Gasteiger charge is -2.27. The first kappa shape index (κ1) is 22.5. The fraction of sp³-hybridized carbons (Fsp3) is 0.214. The number of aromatic nitrogens is 2. The first-order valence-electron chi connectivity index (χ1n) is 11.4. The minimum atomic E-state index is -0.439. The Morgan fingerprint density at radius 3 is 2.43 bits per heavy atom. The van der Waals surface area contributed by atoms with Gasteiger partial charge in [0.1, 0.15) is 17.1 Å². The molecule has 4 aromatic rings. The third kappa shape index (κ3) is 3.79. The lowest BCUT2D eigenvalue weighted by atomic mass is 9.93.